The zero-order valence-corrected chi connectivity index (χ0v) is 23.8. The van der Waals surface area contributed by atoms with E-state index in [1.807, 2.05) is 0 Å². The fourth-order valence-electron chi connectivity index (χ4n) is 4.87. The van der Waals surface area contributed by atoms with Crippen molar-refractivity contribution < 1.29 is 50.3 Å². The summed E-state index contributed by atoms with van der Waals surface area (Å²) >= 11 is 0. The van der Waals surface area contributed by atoms with Crippen LogP contribution < -0.4 is 5.32 Å². The van der Waals surface area contributed by atoms with Crippen molar-refractivity contribution in [1.82, 2.24) is 5.32 Å². The van der Waals surface area contributed by atoms with Crippen molar-refractivity contribution in [2.24, 2.45) is 0 Å². The molecule has 1 aliphatic rings. The highest BCUT2D eigenvalue weighted by Crippen LogP contribution is 2.25. The van der Waals surface area contributed by atoms with Crippen LogP contribution in [0.1, 0.15) is 96.8 Å². The fourth-order valence-corrected chi connectivity index (χ4v) is 4.87. The molecule has 0 aromatic carbocycles. The highest BCUT2D eigenvalue weighted by atomic mass is 16.7. The Morgan fingerprint density at radius 1 is 0.692 bits per heavy atom. The lowest BCUT2D eigenvalue weighted by atomic mass is 9.98. The summed E-state index contributed by atoms with van der Waals surface area (Å²) in [5, 5.41) is 82.9. The highest BCUT2D eigenvalue weighted by Gasteiger charge is 2.46. The largest absolute Gasteiger partial charge is 0.394 e. The van der Waals surface area contributed by atoms with E-state index < -0.39 is 68.3 Å². The second kappa shape index (κ2) is 22.2. The smallest absolute Gasteiger partial charge is 0.187 e. The molecule has 234 valence electrons. The summed E-state index contributed by atoms with van der Waals surface area (Å²) in [6, 6.07) is 0. The molecule has 1 heterocycles. The van der Waals surface area contributed by atoms with Gasteiger partial charge in [-0.15, -0.1) is 0 Å². The Morgan fingerprint density at radius 3 is 1.69 bits per heavy atom. The first-order valence-electron chi connectivity index (χ1n) is 15.1. The first-order chi connectivity index (χ1) is 18.8. The lowest BCUT2D eigenvalue weighted by Crippen LogP contribution is -2.61. The SMILES string of the molecule is CCCCCCCCCCCCCCCCNC[C@H](O)[C@@H](O)[C@H](O[C@@H]1O[C@H](CO)[C@H](O)[C@H](O)[C@H]1O)[C@H](O)CO. The summed E-state index contributed by atoms with van der Waals surface area (Å²) < 4.78 is 10.7. The van der Waals surface area contributed by atoms with E-state index >= 15 is 0 Å². The lowest BCUT2D eigenvalue weighted by Gasteiger charge is -2.42. The third kappa shape index (κ3) is 14.3. The Balaban J connectivity index is 2.23. The number of aliphatic hydroxyl groups excluding tert-OH is 8. The second-order valence-corrected chi connectivity index (χ2v) is 10.9. The van der Waals surface area contributed by atoms with Crippen LogP contribution in [-0.4, -0.2) is 122 Å². The van der Waals surface area contributed by atoms with Crippen molar-refractivity contribution in [1.29, 1.82) is 0 Å². The minimum atomic E-state index is -1.75. The van der Waals surface area contributed by atoms with Gasteiger partial charge in [-0.2, -0.15) is 0 Å². The topological polar surface area (TPSA) is 192 Å². The third-order valence-electron chi connectivity index (χ3n) is 7.50. The molecule has 0 aromatic heterocycles. The van der Waals surface area contributed by atoms with Crippen molar-refractivity contribution >= 4 is 0 Å². The van der Waals surface area contributed by atoms with Crippen LogP contribution in [0.2, 0.25) is 0 Å². The standard InChI is InChI=1S/C28H57NO10/c1-2-3-4-5-6-7-8-9-10-11-12-13-14-15-16-29-17-20(32)23(34)27(21(33)18-30)39-28-26(37)25(36)24(35)22(19-31)38-28/h20-37H,2-19H2,1H3/t20-,21+,22+,23+,24-,25-,26+,27+,28-/m0/s1. The number of nitrogens with one attached hydrogen (secondary N) is 1. The Kier molecular flexibility index (Phi) is 20.8. The average Bonchev–Trinajstić information content (AvgIpc) is 2.94. The molecule has 9 N–H and O–H groups in total. The van der Waals surface area contributed by atoms with Crippen LogP contribution in [0, 0.1) is 0 Å². The van der Waals surface area contributed by atoms with Crippen molar-refractivity contribution in [2.75, 3.05) is 26.3 Å². The first kappa shape index (κ1) is 36.6. The molecule has 11 heteroatoms. The number of unbranched alkanes of at least 4 members (excludes halogenated alkanes) is 13. The third-order valence-corrected chi connectivity index (χ3v) is 7.50. The Hall–Kier alpha value is -0.440. The molecule has 0 amide bonds. The van der Waals surface area contributed by atoms with Crippen LogP contribution in [0.15, 0.2) is 0 Å². The van der Waals surface area contributed by atoms with Gasteiger partial charge in [0.15, 0.2) is 6.29 Å². The van der Waals surface area contributed by atoms with Crippen LogP contribution in [0.3, 0.4) is 0 Å². The average molecular weight is 568 g/mol. The highest BCUT2D eigenvalue weighted by molar-refractivity contribution is 4.91. The zero-order valence-electron chi connectivity index (χ0n) is 23.8. The van der Waals surface area contributed by atoms with Gasteiger partial charge in [-0.1, -0.05) is 90.4 Å². The van der Waals surface area contributed by atoms with Crippen molar-refractivity contribution in [3.05, 3.63) is 0 Å². The summed E-state index contributed by atoms with van der Waals surface area (Å²) in [5.41, 5.74) is 0. The summed E-state index contributed by atoms with van der Waals surface area (Å²) in [5.74, 6) is 0. The molecular weight excluding hydrogens is 510 g/mol. The molecule has 1 aliphatic heterocycles. The first-order valence-corrected chi connectivity index (χ1v) is 15.1. The normalized spacial score (nSPS) is 26.8. The van der Waals surface area contributed by atoms with Gasteiger partial charge >= 0.3 is 0 Å². The lowest BCUT2D eigenvalue weighted by molar-refractivity contribution is -0.327. The van der Waals surface area contributed by atoms with Gasteiger partial charge in [0.1, 0.15) is 42.7 Å². The molecular formula is C28H57NO10. The van der Waals surface area contributed by atoms with Gasteiger partial charge in [-0.3, -0.25) is 0 Å². The van der Waals surface area contributed by atoms with Crippen LogP contribution >= 0.6 is 0 Å². The van der Waals surface area contributed by atoms with Crippen molar-refractivity contribution in [2.45, 2.75) is 152 Å². The summed E-state index contributed by atoms with van der Waals surface area (Å²) in [4.78, 5) is 0. The molecule has 39 heavy (non-hydrogen) atoms. The van der Waals surface area contributed by atoms with E-state index in [0.29, 0.717) is 6.54 Å². The molecule has 0 aliphatic carbocycles. The van der Waals surface area contributed by atoms with E-state index in [2.05, 4.69) is 12.2 Å². The predicted molar refractivity (Wildman–Crippen MR) is 147 cm³/mol. The van der Waals surface area contributed by atoms with Gasteiger partial charge in [0.05, 0.1) is 19.3 Å². The Morgan fingerprint density at radius 2 is 1.21 bits per heavy atom. The van der Waals surface area contributed by atoms with Gasteiger partial charge in [0.25, 0.3) is 0 Å². The molecule has 11 nitrogen and oxygen atoms in total. The van der Waals surface area contributed by atoms with Gasteiger partial charge in [-0.05, 0) is 13.0 Å². The minimum absolute atomic E-state index is 0.00625. The van der Waals surface area contributed by atoms with Crippen LogP contribution in [0.5, 0.6) is 0 Å². The second-order valence-electron chi connectivity index (χ2n) is 10.9. The van der Waals surface area contributed by atoms with Crippen LogP contribution in [-0.2, 0) is 9.47 Å². The van der Waals surface area contributed by atoms with Gasteiger partial charge in [0, 0.05) is 6.54 Å². The van der Waals surface area contributed by atoms with E-state index in [0.717, 1.165) is 19.3 Å². The van der Waals surface area contributed by atoms with Crippen molar-refractivity contribution in [3.63, 3.8) is 0 Å². The van der Waals surface area contributed by atoms with E-state index in [-0.39, 0.29) is 6.54 Å². The molecule has 0 aromatic rings. The van der Waals surface area contributed by atoms with Gasteiger partial charge in [-0.25, -0.2) is 0 Å². The monoisotopic (exact) mass is 567 g/mol. The number of aliphatic hydroxyl groups is 8. The maximum atomic E-state index is 10.6. The summed E-state index contributed by atoms with van der Waals surface area (Å²) in [6.07, 6.45) is 3.54. The van der Waals surface area contributed by atoms with Crippen LogP contribution in [0.25, 0.3) is 0 Å². The van der Waals surface area contributed by atoms with E-state index in [1.165, 1.54) is 70.6 Å². The molecule has 9 atom stereocenters. The van der Waals surface area contributed by atoms with E-state index in [9.17, 15) is 40.9 Å². The van der Waals surface area contributed by atoms with Crippen molar-refractivity contribution in [3.8, 4) is 0 Å². The van der Waals surface area contributed by atoms with Gasteiger partial charge < -0.3 is 55.6 Å². The number of ether oxygens (including phenoxy) is 2. The predicted octanol–water partition coefficient (Wildman–Crippen LogP) is 0.317. The fraction of sp³-hybridized carbons (Fsp3) is 1.00. The molecule has 0 saturated carbocycles. The Labute approximate surface area is 234 Å². The summed E-state index contributed by atoms with van der Waals surface area (Å²) in [7, 11) is 0. The molecule has 0 radical (unpaired) electrons. The molecule has 1 saturated heterocycles. The maximum absolute atomic E-state index is 10.6. The number of hydrogen-bond acceptors (Lipinski definition) is 11. The van der Waals surface area contributed by atoms with Gasteiger partial charge in [0.2, 0.25) is 0 Å². The number of hydrogen-bond donors (Lipinski definition) is 9. The molecule has 1 fully saturated rings. The quantitative estimate of drug-likeness (QED) is 0.0730. The maximum Gasteiger partial charge on any atom is 0.187 e. The van der Waals surface area contributed by atoms with E-state index in [4.69, 9.17) is 9.47 Å². The Bertz CT molecular complexity index is 572. The zero-order chi connectivity index (χ0) is 29.0. The molecule has 0 unspecified atom stereocenters. The minimum Gasteiger partial charge on any atom is -0.394 e. The molecule has 1 rings (SSSR count). The molecule has 0 bridgehead atoms. The van der Waals surface area contributed by atoms with E-state index in [1.54, 1.807) is 0 Å². The van der Waals surface area contributed by atoms with Crippen LogP contribution in [0.4, 0.5) is 0 Å². The number of rotatable bonds is 24. The molecule has 0 spiro atoms. The summed E-state index contributed by atoms with van der Waals surface area (Å²) in [6.45, 7) is 1.41.